The second-order valence-electron chi connectivity index (χ2n) is 10.1. The minimum Gasteiger partial charge on any atom is -0.458 e. The number of piperidine rings is 1. The molecule has 1 heterocycles. The van der Waals surface area contributed by atoms with Gasteiger partial charge in [-0.3, -0.25) is 4.79 Å². The fourth-order valence-corrected chi connectivity index (χ4v) is 4.48. The van der Waals surface area contributed by atoms with Crippen LogP contribution >= 0.6 is 0 Å². The van der Waals surface area contributed by atoms with E-state index in [4.69, 9.17) is 9.47 Å². The fourth-order valence-electron chi connectivity index (χ4n) is 4.48. The Kier molecular flexibility index (Phi) is 10.2. The first-order valence-corrected chi connectivity index (χ1v) is 12.2. The number of carbonyl (C=O) groups excluding carboxylic acids is 2. The van der Waals surface area contributed by atoms with Crippen LogP contribution in [0.4, 0.5) is 4.79 Å². The zero-order valence-corrected chi connectivity index (χ0v) is 20.9. The van der Waals surface area contributed by atoms with Crippen molar-refractivity contribution < 1.29 is 19.1 Å². The molecule has 1 rings (SSSR count). The minimum absolute atomic E-state index is 0.136. The fraction of sp³-hybridized carbons (Fsp3) is 0.920. The van der Waals surface area contributed by atoms with Crippen molar-refractivity contribution in [2.24, 2.45) is 11.3 Å². The van der Waals surface area contributed by atoms with Crippen molar-refractivity contribution in [2.75, 3.05) is 13.1 Å². The number of hydrogen-bond donors (Lipinski definition) is 0. The number of likely N-dealkylation sites (tertiary alicyclic amines) is 1. The first kappa shape index (κ1) is 26.8. The molecule has 0 saturated carbocycles. The van der Waals surface area contributed by atoms with Gasteiger partial charge in [-0.15, -0.1) is 0 Å². The van der Waals surface area contributed by atoms with Gasteiger partial charge in [0.2, 0.25) is 0 Å². The van der Waals surface area contributed by atoms with Crippen LogP contribution in [-0.2, 0) is 14.3 Å². The Hall–Kier alpha value is -1.26. The zero-order chi connectivity index (χ0) is 23.0. The third-order valence-electron chi connectivity index (χ3n) is 7.07. The molecule has 0 radical (unpaired) electrons. The van der Waals surface area contributed by atoms with Gasteiger partial charge in [-0.25, -0.2) is 4.79 Å². The van der Waals surface area contributed by atoms with Gasteiger partial charge in [0.15, 0.2) is 0 Å². The predicted molar refractivity (Wildman–Crippen MR) is 122 cm³/mol. The second-order valence-corrected chi connectivity index (χ2v) is 10.1. The summed E-state index contributed by atoms with van der Waals surface area (Å²) in [7, 11) is 0. The molecule has 0 aliphatic carbocycles. The van der Waals surface area contributed by atoms with Crippen LogP contribution in [0.2, 0.25) is 0 Å². The van der Waals surface area contributed by atoms with E-state index < -0.39 is 11.0 Å². The van der Waals surface area contributed by atoms with Crippen LogP contribution in [0.1, 0.15) is 113 Å². The number of ether oxygens (including phenoxy) is 2. The molecule has 0 spiro atoms. The van der Waals surface area contributed by atoms with E-state index in [1.165, 1.54) is 0 Å². The molecule has 5 nitrogen and oxygen atoms in total. The van der Waals surface area contributed by atoms with E-state index in [-0.39, 0.29) is 23.6 Å². The zero-order valence-electron chi connectivity index (χ0n) is 20.9. The average molecular weight is 426 g/mol. The van der Waals surface area contributed by atoms with Crippen molar-refractivity contribution in [1.29, 1.82) is 0 Å². The maximum atomic E-state index is 13.0. The molecule has 0 unspecified atom stereocenters. The Morgan fingerprint density at radius 3 is 1.77 bits per heavy atom. The minimum atomic E-state index is -0.506. The van der Waals surface area contributed by atoms with Crippen LogP contribution in [0.3, 0.4) is 0 Å². The van der Waals surface area contributed by atoms with Crippen LogP contribution in [0.15, 0.2) is 0 Å². The Morgan fingerprint density at radius 1 is 0.933 bits per heavy atom. The van der Waals surface area contributed by atoms with Crippen molar-refractivity contribution in [3.05, 3.63) is 0 Å². The van der Waals surface area contributed by atoms with Crippen LogP contribution < -0.4 is 0 Å². The Morgan fingerprint density at radius 2 is 1.40 bits per heavy atom. The van der Waals surface area contributed by atoms with Crippen LogP contribution in [0.5, 0.6) is 0 Å². The quantitative estimate of drug-likeness (QED) is 0.344. The molecule has 176 valence electrons. The molecule has 1 aliphatic heterocycles. The number of hydrogen-bond acceptors (Lipinski definition) is 4. The number of carbonyl (C=O) groups is 2. The number of amides is 1. The van der Waals surface area contributed by atoms with Crippen molar-refractivity contribution in [3.63, 3.8) is 0 Å². The van der Waals surface area contributed by atoms with Crippen LogP contribution in [0, 0.1) is 11.3 Å². The summed E-state index contributed by atoms with van der Waals surface area (Å²) in [6, 6.07) is 0. The molecule has 0 atom stereocenters. The van der Waals surface area contributed by atoms with Gasteiger partial charge < -0.3 is 14.4 Å². The molecular formula is C25H47NO4. The molecule has 30 heavy (non-hydrogen) atoms. The van der Waals surface area contributed by atoms with E-state index in [0.717, 1.165) is 44.9 Å². The van der Waals surface area contributed by atoms with Gasteiger partial charge in [0.25, 0.3) is 0 Å². The summed E-state index contributed by atoms with van der Waals surface area (Å²) in [5.74, 6) is 0.0641. The number of nitrogens with zero attached hydrogens (tertiary/aromatic N) is 1. The van der Waals surface area contributed by atoms with E-state index in [2.05, 4.69) is 34.6 Å². The lowest BCUT2D eigenvalue weighted by Gasteiger charge is -2.45. The Labute approximate surface area is 185 Å². The molecular weight excluding hydrogens is 378 g/mol. The van der Waals surface area contributed by atoms with Crippen molar-refractivity contribution in [1.82, 2.24) is 4.90 Å². The summed E-state index contributed by atoms with van der Waals surface area (Å²) >= 11 is 0. The van der Waals surface area contributed by atoms with E-state index in [1.54, 1.807) is 0 Å². The van der Waals surface area contributed by atoms with Gasteiger partial charge in [-0.2, -0.15) is 0 Å². The highest BCUT2D eigenvalue weighted by Crippen LogP contribution is 2.38. The number of rotatable bonds is 11. The summed E-state index contributed by atoms with van der Waals surface area (Å²) in [5.41, 5.74) is -1.34. The molecule has 1 fully saturated rings. The summed E-state index contributed by atoms with van der Waals surface area (Å²) in [5, 5.41) is 0. The van der Waals surface area contributed by atoms with E-state index >= 15 is 0 Å². The summed E-state index contributed by atoms with van der Waals surface area (Å²) in [6.45, 7) is 17.7. The molecule has 0 N–H and O–H groups in total. The van der Waals surface area contributed by atoms with Crippen molar-refractivity contribution >= 4 is 12.1 Å². The molecule has 1 saturated heterocycles. The lowest BCUT2D eigenvalue weighted by Crippen LogP contribution is -2.53. The van der Waals surface area contributed by atoms with Gasteiger partial charge in [0.1, 0.15) is 11.2 Å². The van der Waals surface area contributed by atoms with E-state index in [9.17, 15) is 9.59 Å². The highest BCUT2D eigenvalue weighted by Gasteiger charge is 2.45. The van der Waals surface area contributed by atoms with E-state index in [0.29, 0.717) is 25.9 Å². The normalized spacial score (nSPS) is 17.2. The lowest BCUT2D eigenvalue weighted by atomic mass is 9.80. The molecule has 0 aromatic carbocycles. The highest BCUT2D eigenvalue weighted by molar-refractivity contribution is 5.76. The molecule has 0 aromatic heterocycles. The van der Waals surface area contributed by atoms with Crippen molar-refractivity contribution in [3.8, 4) is 0 Å². The van der Waals surface area contributed by atoms with Gasteiger partial charge in [-0.1, -0.05) is 60.8 Å². The summed E-state index contributed by atoms with van der Waals surface area (Å²) in [4.78, 5) is 27.6. The molecule has 5 heteroatoms. The maximum Gasteiger partial charge on any atom is 0.410 e. The SMILES string of the molecule is CCCC(CCC)(CCC)OC(=O)N1CCC(OC(=O)C(C)(C)CC)(C(C)C)CC1. The summed E-state index contributed by atoms with van der Waals surface area (Å²) in [6.07, 6.45) is 7.61. The highest BCUT2D eigenvalue weighted by atomic mass is 16.6. The van der Waals surface area contributed by atoms with E-state index in [1.807, 2.05) is 25.7 Å². The lowest BCUT2D eigenvalue weighted by molar-refractivity contribution is -0.182. The number of esters is 1. The average Bonchev–Trinajstić information content (AvgIpc) is 2.68. The summed E-state index contributed by atoms with van der Waals surface area (Å²) < 4.78 is 12.3. The van der Waals surface area contributed by atoms with Gasteiger partial charge in [0.05, 0.1) is 5.41 Å². The predicted octanol–water partition coefficient (Wildman–Crippen LogP) is 6.73. The monoisotopic (exact) mass is 425 g/mol. The standard InChI is InChI=1S/C25H47NO4/c1-9-13-24(14-10-2,15-11-3)30-22(28)26-18-16-25(17-19-26,20(5)6)29-21(27)23(7,8)12-4/h20H,9-19H2,1-8H3. The van der Waals surface area contributed by atoms with Crippen LogP contribution in [-0.4, -0.2) is 41.3 Å². The smallest absolute Gasteiger partial charge is 0.410 e. The third kappa shape index (κ3) is 6.62. The van der Waals surface area contributed by atoms with Gasteiger partial charge in [-0.05, 0) is 45.4 Å². The second kappa shape index (κ2) is 11.4. The maximum absolute atomic E-state index is 13.0. The van der Waals surface area contributed by atoms with Crippen LogP contribution in [0.25, 0.3) is 0 Å². The Bertz CT molecular complexity index is 530. The molecule has 1 aliphatic rings. The first-order chi connectivity index (χ1) is 14.0. The van der Waals surface area contributed by atoms with Crippen molar-refractivity contribution in [2.45, 2.75) is 124 Å². The largest absolute Gasteiger partial charge is 0.458 e. The third-order valence-corrected chi connectivity index (χ3v) is 7.07. The van der Waals surface area contributed by atoms with Gasteiger partial charge in [0, 0.05) is 25.9 Å². The topological polar surface area (TPSA) is 55.8 Å². The van der Waals surface area contributed by atoms with Gasteiger partial charge >= 0.3 is 12.1 Å². The molecule has 0 bridgehead atoms. The Balaban J connectivity index is 2.86. The molecule has 1 amide bonds. The molecule has 0 aromatic rings. The first-order valence-electron chi connectivity index (χ1n) is 12.2.